The van der Waals surface area contributed by atoms with Gasteiger partial charge in [-0.1, -0.05) is 61.3 Å². The van der Waals surface area contributed by atoms with Crippen LogP contribution in [-0.4, -0.2) is 59.0 Å². The lowest BCUT2D eigenvalue weighted by atomic mass is 10.0. The highest BCUT2D eigenvalue weighted by atomic mass is 35.5. The molecule has 3 aliphatic heterocycles. The number of hydrazine groups is 1. The van der Waals surface area contributed by atoms with Crippen LogP contribution in [-0.2, 0) is 27.0 Å². The molecule has 0 saturated carbocycles. The highest BCUT2D eigenvalue weighted by Crippen LogP contribution is 2.42. The lowest BCUT2D eigenvalue weighted by Crippen LogP contribution is -2.46. The molecule has 1 saturated heterocycles. The van der Waals surface area contributed by atoms with Crippen molar-refractivity contribution >= 4 is 57.6 Å². The van der Waals surface area contributed by atoms with E-state index in [9.17, 15) is 13.8 Å². The molecule has 1 fully saturated rings. The van der Waals surface area contributed by atoms with Gasteiger partial charge in [0, 0.05) is 47.5 Å². The molecular weight excluding hydrogens is 661 g/mol. The van der Waals surface area contributed by atoms with Crippen molar-refractivity contribution in [3.8, 4) is 11.1 Å². The standard InChI is InChI=1S/C30H27Cl2N9O3S.C2H6/c31-21-11-22(32)13-23(12-21)40-29(43)25(10-18-3-5-19(6-4-18)20-14-33-17-34-15-20)41-27(16-35-30(40)41)45(44)39-9-1-2-24(39)28(42)37-26-7-8-36-38-26;1-2/h3-7,11-17,24-25,36,38H,1-2,8-10H2,(H,37,42);1-2H3/t24-,25?,45?;/m0./s1. The Labute approximate surface area is 284 Å². The van der Waals surface area contributed by atoms with Crippen molar-refractivity contribution in [1.29, 1.82) is 0 Å². The summed E-state index contributed by atoms with van der Waals surface area (Å²) in [4.78, 5) is 41.6. The van der Waals surface area contributed by atoms with Gasteiger partial charge in [-0.05, 0) is 48.2 Å². The lowest BCUT2D eigenvalue weighted by Gasteiger charge is -2.23. The van der Waals surface area contributed by atoms with Gasteiger partial charge >= 0.3 is 0 Å². The van der Waals surface area contributed by atoms with Crippen LogP contribution in [0.1, 0.15) is 38.3 Å². The third kappa shape index (κ3) is 6.67. The van der Waals surface area contributed by atoms with E-state index in [1.165, 1.54) is 17.4 Å². The number of hydrogen-bond donors (Lipinski definition) is 3. The summed E-state index contributed by atoms with van der Waals surface area (Å²) in [5.41, 5.74) is 8.97. The molecule has 2 unspecified atom stereocenters. The second-order valence-electron chi connectivity index (χ2n) is 10.8. The Morgan fingerprint density at radius 2 is 1.77 bits per heavy atom. The van der Waals surface area contributed by atoms with E-state index in [2.05, 4.69) is 31.1 Å². The van der Waals surface area contributed by atoms with Gasteiger partial charge in [0.1, 0.15) is 40.2 Å². The molecule has 15 heteroatoms. The number of anilines is 2. The molecule has 0 aliphatic carbocycles. The van der Waals surface area contributed by atoms with Crippen molar-refractivity contribution in [3.05, 3.63) is 94.9 Å². The van der Waals surface area contributed by atoms with Gasteiger partial charge in [0.05, 0.1) is 11.9 Å². The molecule has 7 rings (SSSR count). The summed E-state index contributed by atoms with van der Waals surface area (Å²) in [6.45, 7) is 5.04. The molecule has 0 radical (unpaired) electrons. The smallest absolute Gasteiger partial charge is 0.257 e. The van der Waals surface area contributed by atoms with Crippen LogP contribution >= 0.6 is 23.2 Å². The molecule has 5 heterocycles. The lowest BCUT2D eigenvalue weighted by molar-refractivity contribution is -0.123. The zero-order valence-corrected chi connectivity index (χ0v) is 28.0. The molecule has 3 atom stereocenters. The number of hydrogen-bond acceptors (Lipinski definition) is 8. The number of halogens is 2. The van der Waals surface area contributed by atoms with Gasteiger partial charge in [0.2, 0.25) is 11.9 Å². The number of carbonyl (C=O) groups is 2. The molecule has 2 aromatic heterocycles. The van der Waals surface area contributed by atoms with E-state index in [1.807, 2.05) is 44.2 Å². The van der Waals surface area contributed by atoms with E-state index in [0.717, 1.165) is 16.7 Å². The van der Waals surface area contributed by atoms with E-state index in [-0.39, 0.29) is 11.8 Å². The van der Waals surface area contributed by atoms with E-state index in [4.69, 9.17) is 23.2 Å². The minimum Gasteiger partial charge on any atom is -0.310 e. The highest BCUT2D eigenvalue weighted by molar-refractivity contribution is 7.82. The Kier molecular flexibility index (Phi) is 9.99. The normalized spacial score (nSPS) is 19.4. The third-order valence-corrected chi connectivity index (χ3v) is 9.89. The van der Waals surface area contributed by atoms with Gasteiger partial charge < -0.3 is 10.7 Å². The van der Waals surface area contributed by atoms with Crippen LogP contribution in [0.5, 0.6) is 0 Å². The van der Waals surface area contributed by atoms with Gasteiger partial charge in [0.15, 0.2) is 0 Å². The summed E-state index contributed by atoms with van der Waals surface area (Å²) in [5, 5.41) is 3.92. The van der Waals surface area contributed by atoms with Crippen LogP contribution in [0.3, 0.4) is 0 Å². The zero-order valence-electron chi connectivity index (χ0n) is 25.7. The summed E-state index contributed by atoms with van der Waals surface area (Å²) in [7, 11) is -1.79. The van der Waals surface area contributed by atoms with Crippen LogP contribution in [0.25, 0.3) is 11.1 Å². The maximum atomic E-state index is 14.2. The van der Waals surface area contributed by atoms with E-state index >= 15 is 0 Å². The molecular formula is C32H33Cl2N9O3S. The Balaban J connectivity index is 0.00000190. The predicted molar refractivity (Wildman–Crippen MR) is 181 cm³/mol. The molecule has 4 aromatic rings. The summed E-state index contributed by atoms with van der Waals surface area (Å²) in [6, 6.07) is 11.3. The second kappa shape index (κ2) is 14.3. The average Bonchev–Trinajstić information content (AvgIpc) is 3.89. The minimum atomic E-state index is -1.79. The molecule has 12 nitrogen and oxygen atoms in total. The molecule has 0 bridgehead atoms. The molecule has 0 spiro atoms. The maximum absolute atomic E-state index is 14.2. The molecule has 3 aliphatic rings. The van der Waals surface area contributed by atoms with Gasteiger partial charge in [-0.2, -0.15) is 0 Å². The van der Waals surface area contributed by atoms with Gasteiger partial charge in [0.25, 0.3) is 5.91 Å². The summed E-state index contributed by atoms with van der Waals surface area (Å²) >= 11 is 12.6. The maximum Gasteiger partial charge on any atom is 0.257 e. The predicted octanol–water partition coefficient (Wildman–Crippen LogP) is 4.69. The summed E-state index contributed by atoms with van der Waals surface area (Å²) in [5.74, 6) is 0.348. The van der Waals surface area contributed by atoms with Crippen molar-refractivity contribution in [2.75, 3.05) is 18.0 Å². The van der Waals surface area contributed by atoms with E-state index in [1.54, 1.807) is 39.5 Å². The first-order valence-corrected chi connectivity index (χ1v) is 17.1. The van der Waals surface area contributed by atoms with Crippen molar-refractivity contribution in [2.24, 2.45) is 0 Å². The summed E-state index contributed by atoms with van der Waals surface area (Å²) < 4.78 is 17.6. The Bertz CT molecular complexity index is 1810. The van der Waals surface area contributed by atoms with Gasteiger partial charge in [-0.3, -0.25) is 14.2 Å². The number of rotatable bonds is 8. The van der Waals surface area contributed by atoms with Crippen LogP contribution in [0.4, 0.5) is 11.6 Å². The fourth-order valence-electron chi connectivity index (χ4n) is 5.85. The Morgan fingerprint density at radius 3 is 2.45 bits per heavy atom. The number of benzene rings is 2. The number of imidazole rings is 1. The SMILES string of the molecule is CC.O=C(NC1=CCNN1)[C@@H]1CCCN1S(=O)c1cnc2n1C(Cc1ccc(-c3cncnc3)cc1)C(=O)N2c1cc(Cl)cc(Cl)c1. The third-order valence-electron chi connectivity index (χ3n) is 7.93. The molecule has 2 aromatic carbocycles. The van der Waals surface area contributed by atoms with Crippen LogP contribution in [0, 0.1) is 0 Å². The Hall–Kier alpha value is -4.14. The quantitative estimate of drug-likeness (QED) is 0.242. The minimum absolute atomic E-state index is 0.254. The number of nitrogens with one attached hydrogen (secondary N) is 3. The van der Waals surface area contributed by atoms with Crippen LogP contribution < -0.4 is 21.1 Å². The second-order valence-corrected chi connectivity index (χ2v) is 13.0. The van der Waals surface area contributed by atoms with Crippen molar-refractivity contribution in [3.63, 3.8) is 0 Å². The number of fused-ring (bicyclic) bond motifs is 1. The number of aromatic nitrogens is 4. The Morgan fingerprint density at radius 1 is 1.04 bits per heavy atom. The zero-order chi connectivity index (χ0) is 33.1. The molecule has 2 amide bonds. The fraction of sp³-hybridized carbons (Fsp3) is 0.281. The molecule has 244 valence electrons. The van der Waals surface area contributed by atoms with E-state index < -0.39 is 23.1 Å². The fourth-order valence-corrected chi connectivity index (χ4v) is 7.85. The van der Waals surface area contributed by atoms with E-state index in [0.29, 0.717) is 64.9 Å². The summed E-state index contributed by atoms with van der Waals surface area (Å²) in [6.07, 6.45) is 9.84. The molecule has 47 heavy (non-hydrogen) atoms. The highest BCUT2D eigenvalue weighted by Gasteiger charge is 2.44. The van der Waals surface area contributed by atoms with Crippen molar-refractivity contribution in [2.45, 2.75) is 50.2 Å². The monoisotopic (exact) mass is 693 g/mol. The number of nitrogens with zero attached hydrogens (tertiary/aromatic N) is 6. The van der Waals surface area contributed by atoms with Crippen molar-refractivity contribution in [1.82, 2.24) is 40.0 Å². The molecule has 3 N–H and O–H groups in total. The first kappa shape index (κ1) is 32.8. The van der Waals surface area contributed by atoms with Crippen LogP contribution in [0.2, 0.25) is 10.0 Å². The average molecular weight is 695 g/mol. The van der Waals surface area contributed by atoms with Crippen molar-refractivity contribution < 1.29 is 13.8 Å². The number of amides is 2. The number of carbonyl (C=O) groups excluding carboxylic acids is 2. The van der Waals surface area contributed by atoms with Crippen LogP contribution in [0.15, 0.2) is 84.3 Å². The topological polar surface area (TPSA) is 137 Å². The van der Waals surface area contributed by atoms with Gasteiger partial charge in [-0.15, -0.1) is 0 Å². The largest absolute Gasteiger partial charge is 0.310 e. The first-order valence-electron chi connectivity index (χ1n) is 15.3. The first-order chi connectivity index (χ1) is 22.9. The van der Waals surface area contributed by atoms with Gasteiger partial charge in [-0.25, -0.2) is 33.8 Å².